The van der Waals surface area contributed by atoms with Crippen LogP contribution in [0.15, 0.2) is 231 Å². The molecular formula is C63H41NOS. The number of nitrogens with zero attached hydrogens (tertiary/aromatic N) is 1. The van der Waals surface area contributed by atoms with Gasteiger partial charge in [-0.3, -0.25) is 0 Å². The van der Waals surface area contributed by atoms with Crippen LogP contribution in [0.1, 0.15) is 33.9 Å². The van der Waals surface area contributed by atoms with Gasteiger partial charge < -0.3 is 9.64 Å². The highest BCUT2D eigenvalue weighted by Crippen LogP contribution is 2.66. The smallest absolute Gasteiger partial charge is 0.132 e. The van der Waals surface area contributed by atoms with Crippen molar-refractivity contribution < 1.29 is 4.74 Å². The molecule has 0 amide bonds. The molecule has 1 aliphatic heterocycles. The molecule has 2 aliphatic carbocycles. The minimum absolute atomic E-state index is 0.0256. The molecule has 1 aromatic heterocycles. The topological polar surface area (TPSA) is 12.5 Å². The van der Waals surface area contributed by atoms with Crippen LogP contribution in [0.25, 0.3) is 70.4 Å². The van der Waals surface area contributed by atoms with E-state index in [0.717, 1.165) is 28.2 Å². The molecule has 11 aromatic rings. The average Bonchev–Trinajstić information content (AvgIpc) is 3.90. The lowest BCUT2D eigenvalue weighted by atomic mass is 9.58. The summed E-state index contributed by atoms with van der Waals surface area (Å²) >= 11 is 1.86. The number of hydrogen-bond donors (Lipinski definition) is 0. The van der Waals surface area contributed by atoms with Gasteiger partial charge in [-0.2, -0.15) is 0 Å². The maximum absolute atomic E-state index is 7.34. The molecule has 1 spiro atoms. The van der Waals surface area contributed by atoms with Crippen molar-refractivity contribution in [2.75, 3.05) is 4.90 Å². The van der Waals surface area contributed by atoms with Crippen LogP contribution in [-0.4, -0.2) is 0 Å². The first-order valence-electron chi connectivity index (χ1n) is 22.9. The minimum atomic E-state index is -0.489. The maximum atomic E-state index is 7.34. The standard InChI is InChI=1S/C63H41NOS/c1-2-15-40(16-3-1)46-19-9-12-27-57(46)64(45-35-36-51-50-22-10-13-28-58(50)66-59(51)39-45)44-33-29-43(30-34-44)47-24-14-26-54-60(47)52-23-8-11-25-53(52)63(54)55-37-31-41-17-4-6-20-48(41)61(55)65-62-49-21-7-5-18-42(49)32-38-56(62)63/h1-39,55,61H. The second-order valence-electron chi connectivity index (χ2n) is 17.8. The van der Waals surface area contributed by atoms with Crippen molar-refractivity contribution >= 4 is 65.4 Å². The Kier molecular flexibility index (Phi) is 8.23. The first-order valence-corrected chi connectivity index (χ1v) is 23.7. The quantitative estimate of drug-likeness (QED) is 0.171. The van der Waals surface area contributed by atoms with Gasteiger partial charge in [0.05, 0.1) is 11.1 Å². The summed E-state index contributed by atoms with van der Waals surface area (Å²) in [6, 6.07) is 82.8. The minimum Gasteiger partial charge on any atom is -0.484 e. The molecule has 0 N–H and O–H groups in total. The van der Waals surface area contributed by atoms with Crippen LogP contribution in [0.4, 0.5) is 17.1 Å². The summed E-state index contributed by atoms with van der Waals surface area (Å²) in [5.74, 6) is 1.01. The summed E-state index contributed by atoms with van der Waals surface area (Å²) in [4.78, 5) is 2.44. The van der Waals surface area contributed by atoms with Crippen LogP contribution in [0.5, 0.6) is 5.75 Å². The van der Waals surface area contributed by atoms with E-state index >= 15 is 0 Å². The Morgan fingerprint density at radius 2 is 1.14 bits per heavy atom. The molecule has 3 aliphatic rings. The molecule has 310 valence electrons. The van der Waals surface area contributed by atoms with Crippen LogP contribution in [0, 0.1) is 5.92 Å². The van der Waals surface area contributed by atoms with Gasteiger partial charge in [-0.1, -0.05) is 200 Å². The second-order valence-corrected chi connectivity index (χ2v) is 18.9. The van der Waals surface area contributed by atoms with Crippen molar-refractivity contribution in [2.45, 2.75) is 11.5 Å². The highest BCUT2D eigenvalue weighted by atomic mass is 32.1. The number of hydrogen-bond acceptors (Lipinski definition) is 3. The van der Waals surface area contributed by atoms with E-state index in [1.807, 2.05) is 11.3 Å². The van der Waals surface area contributed by atoms with E-state index in [4.69, 9.17) is 4.74 Å². The Bertz CT molecular complexity index is 3770. The van der Waals surface area contributed by atoms with Crippen LogP contribution in [0.2, 0.25) is 0 Å². The fourth-order valence-corrected chi connectivity index (χ4v) is 12.9. The van der Waals surface area contributed by atoms with Gasteiger partial charge in [0.1, 0.15) is 11.9 Å². The Morgan fingerprint density at radius 1 is 0.455 bits per heavy atom. The van der Waals surface area contributed by atoms with Crippen LogP contribution in [-0.2, 0) is 5.41 Å². The summed E-state index contributed by atoms with van der Waals surface area (Å²) < 4.78 is 9.92. The van der Waals surface area contributed by atoms with Crippen LogP contribution >= 0.6 is 11.3 Å². The Morgan fingerprint density at radius 3 is 2.05 bits per heavy atom. The molecule has 0 saturated carbocycles. The first kappa shape index (κ1) is 37.4. The highest BCUT2D eigenvalue weighted by Gasteiger charge is 2.57. The van der Waals surface area contributed by atoms with Gasteiger partial charge >= 0.3 is 0 Å². The molecule has 2 heterocycles. The van der Waals surface area contributed by atoms with Gasteiger partial charge in [-0.15, -0.1) is 11.3 Å². The highest BCUT2D eigenvalue weighted by molar-refractivity contribution is 7.25. The number of benzene rings is 10. The molecule has 0 radical (unpaired) electrons. The van der Waals surface area contributed by atoms with Crippen LogP contribution < -0.4 is 9.64 Å². The van der Waals surface area contributed by atoms with Crippen molar-refractivity contribution in [3.8, 4) is 39.1 Å². The van der Waals surface area contributed by atoms with E-state index in [9.17, 15) is 0 Å². The summed E-state index contributed by atoms with van der Waals surface area (Å²) in [5, 5.41) is 4.94. The van der Waals surface area contributed by atoms with Crippen molar-refractivity contribution in [1.82, 2.24) is 0 Å². The fraction of sp³-hybridized carbons (Fsp3) is 0.0476. The van der Waals surface area contributed by atoms with E-state index in [-0.39, 0.29) is 12.0 Å². The summed E-state index contributed by atoms with van der Waals surface area (Å²) in [6.45, 7) is 0. The first-order chi connectivity index (χ1) is 32.7. The van der Waals surface area contributed by atoms with E-state index in [2.05, 4.69) is 242 Å². The normalized spacial score (nSPS) is 17.5. The third-order valence-electron chi connectivity index (χ3n) is 14.6. The van der Waals surface area contributed by atoms with Gasteiger partial charge in [-0.05, 0) is 86.3 Å². The SMILES string of the molecule is C1=CC2C(Oc3c(ccc4ccccc34)C23c2ccccc2-c2c(-c4ccc(N(c5ccc6c(c5)sc5ccccc56)c5ccccc5-c5ccccc5)cc4)cccc23)c2ccccc21. The maximum Gasteiger partial charge on any atom is 0.132 e. The Balaban J connectivity index is 0.960. The Labute approximate surface area is 388 Å². The lowest BCUT2D eigenvalue weighted by Crippen LogP contribution is -2.45. The zero-order valence-electron chi connectivity index (χ0n) is 35.9. The molecule has 0 saturated heterocycles. The zero-order valence-corrected chi connectivity index (χ0v) is 36.8. The van der Waals surface area contributed by atoms with Gasteiger partial charge in [0.25, 0.3) is 0 Å². The van der Waals surface area contributed by atoms with Crippen molar-refractivity contribution in [3.05, 3.63) is 258 Å². The number of anilines is 3. The van der Waals surface area contributed by atoms with E-state index in [1.165, 1.54) is 86.8 Å². The second kappa shape index (κ2) is 14.5. The third-order valence-corrected chi connectivity index (χ3v) is 15.7. The Hall–Kier alpha value is -7.98. The molecule has 2 nitrogen and oxygen atoms in total. The molecule has 0 fully saturated rings. The molecule has 0 bridgehead atoms. The lowest BCUT2D eigenvalue weighted by molar-refractivity contribution is 0.105. The molecule has 14 rings (SSSR count). The fourth-order valence-electron chi connectivity index (χ4n) is 11.8. The van der Waals surface area contributed by atoms with Crippen LogP contribution in [0.3, 0.4) is 0 Å². The molecule has 66 heavy (non-hydrogen) atoms. The van der Waals surface area contributed by atoms with E-state index < -0.39 is 5.41 Å². The molecule has 3 heteroatoms. The number of fused-ring (bicyclic) bond motifs is 16. The van der Waals surface area contributed by atoms with Gasteiger partial charge in [0.15, 0.2) is 0 Å². The van der Waals surface area contributed by atoms with Gasteiger partial charge in [0.2, 0.25) is 0 Å². The third kappa shape index (κ3) is 5.35. The van der Waals surface area contributed by atoms with Gasteiger partial charge in [-0.25, -0.2) is 0 Å². The van der Waals surface area contributed by atoms with Crippen molar-refractivity contribution in [3.63, 3.8) is 0 Å². The monoisotopic (exact) mass is 859 g/mol. The predicted octanol–water partition coefficient (Wildman–Crippen LogP) is 17.1. The molecule has 3 atom stereocenters. The predicted molar refractivity (Wildman–Crippen MR) is 276 cm³/mol. The number of rotatable bonds is 5. The number of ether oxygens (including phenoxy) is 1. The zero-order chi connectivity index (χ0) is 43.3. The summed E-state index contributed by atoms with van der Waals surface area (Å²) in [6.07, 6.45) is 4.61. The molecular weight excluding hydrogens is 819 g/mol. The lowest BCUT2D eigenvalue weighted by Gasteiger charge is -2.49. The average molecular weight is 860 g/mol. The van der Waals surface area contributed by atoms with E-state index in [0.29, 0.717) is 0 Å². The van der Waals surface area contributed by atoms with Gasteiger partial charge in [0, 0.05) is 59.5 Å². The van der Waals surface area contributed by atoms with E-state index in [1.54, 1.807) is 0 Å². The van der Waals surface area contributed by atoms with Crippen molar-refractivity contribution in [1.29, 1.82) is 0 Å². The summed E-state index contributed by atoms with van der Waals surface area (Å²) in [5.41, 5.74) is 16.6. The van der Waals surface area contributed by atoms with Crippen molar-refractivity contribution in [2.24, 2.45) is 5.92 Å². The molecule has 3 unspecified atom stereocenters. The largest absolute Gasteiger partial charge is 0.484 e. The number of thiophene rings is 1. The summed E-state index contributed by atoms with van der Waals surface area (Å²) in [7, 11) is 0. The number of para-hydroxylation sites is 1. The molecule has 10 aromatic carbocycles.